The molecule has 2 heterocycles. The number of hydrogen-bond acceptors (Lipinski definition) is 5. The van der Waals surface area contributed by atoms with Gasteiger partial charge in [-0.2, -0.15) is 8.42 Å². The summed E-state index contributed by atoms with van der Waals surface area (Å²) in [4.78, 5) is 2.80. The van der Waals surface area contributed by atoms with Crippen LogP contribution in [0.2, 0.25) is 0 Å². The molecule has 2 aromatic rings. The molecule has 0 unspecified atom stereocenters. The van der Waals surface area contributed by atoms with Crippen molar-refractivity contribution in [2.75, 3.05) is 6.26 Å². The lowest BCUT2D eigenvalue weighted by Crippen LogP contribution is -2.22. The molecule has 1 N–H and O–H groups in total. The molecule has 0 radical (unpaired) electrons. The molecule has 0 amide bonds. The topological polar surface area (TPSA) is 117 Å². The highest BCUT2D eigenvalue weighted by molar-refractivity contribution is 7.86. The van der Waals surface area contributed by atoms with Crippen molar-refractivity contribution in [2.24, 2.45) is 5.11 Å². The summed E-state index contributed by atoms with van der Waals surface area (Å²) in [6.07, 6.45) is 0.148. The summed E-state index contributed by atoms with van der Waals surface area (Å²) in [5, 5.41) is 14.2. The summed E-state index contributed by atoms with van der Waals surface area (Å²) in [5.74, 6) is 0. The summed E-state index contributed by atoms with van der Waals surface area (Å²) < 4.78 is 29.7. The first-order valence-electron chi connectivity index (χ1n) is 6.59. The van der Waals surface area contributed by atoms with Crippen LogP contribution in [0.1, 0.15) is 17.3 Å². The van der Waals surface area contributed by atoms with Gasteiger partial charge in [0.25, 0.3) is 10.1 Å². The van der Waals surface area contributed by atoms with E-state index in [-0.39, 0.29) is 13.2 Å². The van der Waals surface area contributed by atoms with Crippen LogP contribution in [0.5, 0.6) is 0 Å². The van der Waals surface area contributed by atoms with E-state index < -0.39 is 22.3 Å². The Bertz CT molecular complexity index is 883. The van der Waals surface area contributed by atoms with E-state index in [0.717, 1.165) is 17.2 Å². The largest absolute Gasteiger partial charge is 0.392 e. The van der Waals surface area contributed by atoms with Gasteiger partial charge >= 0.3 is 0 Å². The Labute approximate surface area is 126 Å². The average molecular weight is 322 g/mol. The third-order valence-corrected chi connectivity index (χ3v) is 4.34. The summed E-state index contributed by atoms with van der Waals surface area (Å²) in [5.41, 5.74) is 10.9. The van der Waals surface area contributed by atoms with Crippen LogP contribution in [-0.4, -0.2) is 30.5 Å². The first-order chi connectivity index (χ1) is 10.5. The summed E-state index contributed by atoms with van der Waals surface area (Å²) >= 11 is 0. The van der Waals surface area contributed by atoms with Crippen LogP contribution in [0.15, 0.2) is 29.4 Å². The van der Waals surface area contributed by atoms with Crippen LogP contribution in [0, 0.1) is 0 Å². The van der Waals surface area contributed by atoms with E-state index in [1.807, 2.05) is 28.8 Å². The fourth-order valence-electron chi connectivity index (χ4n) is 3.04. The number of aromatic nitrogens is 1. The molecule has 0 fully saturated rings. The number of aliphatic hydroxyl groups is 1. The third kappa shape index (κ3) is 2.34. The fraction of sp³-hybridized carbons (Fsp3) is 0.385. The fourth-order valence-corrected chi connectivity index (χ4v) is 3.66. The Morgan fingerprint density at radius 3 is 2.86 bits per heavy atom. The van der Waals surface area contributed by atoms with Crippen LogP contribution >= 0.6 is 0 Å². The number of azide groups is 1. The lowest BCUT2D eigenvalue weighted by atomic mass is 10.1. The maximum Gasteiger partial charge on any atom is 0.264 e. The van der Waals surface area contributed by atoms with Gasteiger partial charge in [-0.15, -0.1) is 0 Å². The first kappa shape index (κ1) is 14.9. The zero-order valence-corrected chi connectivity index (χ0v) is 12.6. The molecule has 3 rings (SSSR count). The second-order valence-corrected chi connectivity index (χ2v) is 6.74. The molecule has 116 valence electrons. The van der Waals surface area contributed by atoms with Gasteiger partial charge in [-0.25, -0.2) is 0 Å². The molecule has 0 spiro atoms. The van der Waals surface area contributed by atoms with Crippen molar-refractivity contribution in [2.45, 2.75) is 25.3 Å². The lowest BCUT2D eigenvalue weighted by molar-refractivity contribution is 0.186. The van der Waals surface area contributed by atoms with Crippen molar-refractivity contribution in [1.82, 2.24) is 4.57 Å². The zero-order chi connectivity index (χ0) is 15.9. The quantitative estimate of drug-likeness (QED) is 0.400. The van der Waals surface area contributed by atoms with Crippen LogP contribution in [0.4, 0.5) is 0 Å². The molecule has 8 nitrogen and oxygen atoms in total. The van der Waals surface area contributed by atoms with E-state index in [0.29, 0.717) is 11.3 Å². The highest BCUT2D eigenvalue weighted by atomic mass is 32.2. The summed E-state index contributed by atoms with van der Waals surface area (Å²) in [6.45, 7) is 0.0124. The van der Waals surface area contributed by atoms with Gasteiger partial charge in [0.2, 0.25) is 0 Å². The molecule has 1 aromatic heterocycles. The minimum atomic E-state index is -3.69. The van der Waals surface area contributed by atoms with Crippen LogP contribution < -0.4 is 0 Å². The monoisotopic (exact) mass is 322 g/mol. The second kappa shape index (κ2) is 5.29. The maximum atomic E-state index is 11.4. The van der Waals surface area contributed by atoms with Gasteiger partial charge < -0.3 is 9.67 Å². The van der Waals surface area contributed by atoms with E-state index in [9.17, 15) is 13.5 Å². The Hall–Kier alpha value is -2.06. The SMILES string of the molecule is CS(=O)(=O)O[C@@H]1Cn2c(c(CO)c3ccccc32)[C@H]1N=[N+]=[N-]. The van der Waals surface area contributed by atoms with Crippen molar-refractivity contribution >= 4 is 21.0 Å². The number of aliphatic hydroxyl groups excluding tert-OH is 1. The smallest absolute Gasteiger partial charge is 0.264 e. The van der Waals surface area contributed by atoms with E-state index in [1.165, 1.54) is 0 Å². The van der Waals surface area contributed by atoms with Gasteiger partial charge in [-0.1, -0.05) is 23.3 Å². The molecular weight excluding hydrogens is 308 g/mol. The molecule has 0 saturated carbocycles. The normalized spacial score (nSPS) is 20.8. The van der Waals surface area contributed by atoms with Gasteiger partial charge in [-0.3, -0.25) is 4.18 Å². The number of fused-ring (bicyclic) bond motifs is 3. The number of nitrogens with zero attached hydrogens (tertiary/aromatic N) is 4. The molecule has 1 aliphatic rings. The third-order valence-electron chi connectivity index (χ3n) is 3.75. The minimum Gasteiger partial charge on any atom is -0.392 e. The molecule has 0 bridgehead atoms. The Kier molecular flexibility index (Phi) is 3.57. The van der Waals surface area contributed by atoms with Gasteiger partial charge in [0.1, 0.15) is 12.1 Å². The minimum absolute atomic E-state index is 0.230. The average Bonchev–Trinajstić information content (AvgIpc) is 2.93. The highest BCUT2D eigenvalue weighted by Crippen LogP contribution is 2.41. The number of para-hydroxylation sites is 1. The van der Waals surface area contributed by atoms with Gasteiger partial charge in [-0.05, 0) is 11.6 Å². The van der Waals surface area contributed by atoms with Crippen molar-refractivity contribution in [3.8, 4) is 0 Å². The van der Waals surface area contributed by atoms with E-state index in [4.69, 9.17) is 9.71 Å². The molecule has 9 heteroatoms. The highest BCUT2D eigenvalue weighted by Gasteiger charge is 2.38. The van der Waals surface area contributed by atoms with E-state index in [2.05, 4.69) is 10.0 Å². The number of rotatable bonds is 4. The molecular formula is C13H14N4O4S. The summed E-state index contributed by atoms with van der Waals surface area (Å²) in [6, 6.07) is 6.64. The van der Waals surface area contributed by atoms with Crippen LogP contribution in [0.25, 0.3) is 21.3 Å². The number of benzene rings is 1. The van der Waals surface area contributed by atoms with Gasteiger partial charge in [0.05, 0.1) is 19.4 Å². The zero-order valence-electron chi connectivity index (χ0n) is 11.7. The van der Waals surface area contributed by atoms with Crippen molar-refractivity contribution in [3.63, 3.8) is 0 Å². The van der Waals surface area contributed by atoms with E-state index in [1.54, 1.807) is 0 Å². The Balaban J connectivity index is 2.20. The van der Waals surface area contributed by atoms with Crippen molar-refractivity contribution in [1.29, 1.82) is 0 Å². The lowest BCUT2D eigenvalue weighted by Gasteiger charge is -2.14. The molecule has 22 heavy (non-hydrogen) atoms. The first-order valence-corrected chi connectivity index (χ1v) is 8.41. The molecule has 0 saturated heterocycles. The maximum absolute atomic E-state index is 11.4. The summed E-state index contributed by atoms with van der Waals surface area (Å²) in [7, 11) is -3.69. The van der Waals surface area contributed by atoms with Crippen LogP contribution in [-0.2, 0) is 27.5 Å². The van der Waals surface area contributed by atoms with Gasteiger partial charge in [0.15, 0.2) is 0 Å². The van der Waals surface area contributed by atoms with Crippen molar-refractivity contribution in [3.05, 3.63) is 46.0 Å². The van der Waals surface area contributed by atoms with Crippen molar-refractivity contribution < 1.29 is 17.7 Å². The van der Waals surface area contributed by atoms with Crippen LogP contribution in [0.3, 0.4) is 0 Å². The second-order valence-electron chi connectivity index (χ2n) is 5.14. The van der Waals surface area contributed by atoms with Gasteiger partial charge in [0, 0.05) is 27.1 Å². The van der Waals surface area contributed by atoms with E-state index >= 15 is 0 Å². The predicted octanol–water partition coefficient (Wildman–Crippen LogP) is 1.84. The number of hydrogen-bond donors (Lipinski definition) is 1. The predicted molar refractivity (Wildman–Crippen MR) is 79.5 cm³/mol. The molecule has 1 aromatic carbocycles. The molecule has 2 atom stereocenters. The Morgan fingerprint density at radius 2 is 2.23 bits per heavy atom. The molecule has 1 aliphatic heterocycles. The Morgan fingerprint density at radius 1 is 1.50 bits per heavy atom. The standard InChI is InChI=1S/C13H14N4O4S/c1-22(19,20)21-11-6-17-10-5-3-2-4-8(10)9(7-18)13(17)12(11)15-16-14/h2-5,11-12,18H,6-7H2,1H3/t11-,12+/m1/s1. The molecule has 0 aliphatic carbocycles.